The van der Waals surface area contributed by atoms with Crippen LogP contribution in [0.1, 0.15) is 5.56 Å². The summed E-state index contributed by atoms with van der Waals surface area (Å²) in [4.78, 5) is 2.06. The summed E-state index contributed by atoms with van der Waals surface area (Å²) in [6.45, 7) is 2.17. The summed E-state index contributed by atoms with van der Waals surface area (Å²) < 4.78 is 6.59. The number of nitrogens with zero attached hydrogens (tertiary/aromatic N) is 1. The first kappa shape index (κ1) is 12.8. The van der Waals surface area contributed by atoms with Gasteiger partial charge in [0.05, 0.1) is 19.3 Å². The Kier molecular flexibility index (Phi) is 4.36. The molecule has 0 aliphatic carbocycles. The second-order valence-corrected chi connectivity index (χ2v) is 5.43. The van der Waals surface area contributed by atoms with Crippen molar-refractivity contribution in [2.45, 2.75) is 12.5 Å². The second kappa shape index (κ2) is 5.80. The number of nitrogens with two attached hydrogens (primary N) is 1. The molecule has 0 bridgehead atoms. The first-order chi connectivity index (χ1) is 8.16. The summed E-state index contributed by atoms with van der Waals surface area (Å²) in [5, 5.41) is 0.466. The number of halogens is 1. The highest BCUT2D eigenvalue weighted by molar-refractivity contribution is 9.10. The Morgan fingerprint density at radius 1 is 1.59 bits per heavy atom. The van der Waals surface area contributed by atoms with Gasteiger partial charge in [-0.05, 0) is 36.3 Å². The largest absolute Gasteiger partial charge is 0.377 e. The van der Waals surface area contributed by atoms with Crippen LogP contribution in [0, 0.1) is 0 Å². The van der Waals surface area contributed by atoms with Crippen molar-refractivity contribution in [1.82, 2.24) is 4.90 Å². The van der Waals surface area contributed by atoms with Crippen LogP contribution in [-0.4, -0.2) is 35.8 Å². The maximum Gasteiger partial charge on any atom is 0.166 e. The first-order valence-electron chi connectivity index (χ1n) is 5.55. The zero-order valence-corrected chi connectivity index (χ0v) is 11.8. The van der Waals surface area contributed by atoms with Crippen LogP contribution in [0.2, 0.25) is 0 Å². The molecule has 1 aromatic carbocycles. The van der Waals surface area contributed by atoms with E-state index in [1.165, 1.54) is 5.56 Å². The molecule has 3 nitrogen and oxygen atoms in total. The quantitative estimate of drug-likeness (QED) is 0.847. The number of rotatable bonds is 2. The molecule has 1 aliphatic rings. The lowest BCUT2D eigenvalue weighted by Crippen LogP contribution is -2.51. The summed E-state index contributed by atoms with van der Waals surface area (Å²) in [7, 11) is 0. The average molecular weight is 315 g/mol. The highest BCUT2D eigenvalue weighted by Gasteiger charge is 2.23. The number of ether oxygens (including phenoxy) is 1. The van der Waals surface area contributed by atoms with Gasteiger partial charge in [0.1, 0.15) is 0 Å². The van der Waals surface area contributed by atoms with E-state index in [0.29, 0.717) is 18.3 Å². The molecule has 0 saturated carbocycles. The van der Waals surface area contributed by atoms with Crippen molar-refractivity contribution in [3.05, 3.63) is 34.3 Å². The van der Waals surface area contributed by atoms with E-state index in [2.05, 4.69) is 33.0 Å². The topological polar surface area (TPSA) is 38.5 Å². The van der Waals surface area contributed by atoms with E-state index >= 15 is 0 Å². The molecule has 1 aliphatic heterocycles. The van der Waals surface area contributed by atoms with Crippen molar-refractivity contribution < 1.29 is 4.74 Å². The van der Waals surface area contributed by atoms with Crippen LogP contribution in [0.15, 0.2) is 28.7 Å². The number of thiocarbonyl (C=S) groups is 1. The van der Waals surface area contributed by atoms with E-state index in [4.69, 9.17) is 22.7 Å². The van der Waals surface area contributed by atoms with Gasteiger partial charge in [-0.25, -0.2) is 0 Å². The molecule has 1 aromatic rings. The summed E-state index contributed by atoms with van der Waals surface area (Å²) in [5.74, 6) is 0. The standard InChI is InChI=1S/C12H15BrN2OS/c13-10-3-1-2-9(6-10)7-11-8-16-5-4-15(11)12(14)17/h1-3,6,11H,4-5,7-8H2,(H2,14,17)/t11-/m0/s1. The van der Waals surface area contributed by atoms with E-state index in [1.54, 1.807) is 0 Å². The molecule has 0 unspecified atom stereocenters. The van der Waals surface area contributed by atoms with Gasteiger partial charge in [0.25, 0.3) is 0 Å². The van der Waals surface area contributed by atoms with Crippen LogP contribution in [-0.2, 0) is 11.2 Å². The van der Waals surface area contributed by atoms with E-state index in [9.17, 15) is 0 Å². The Balaban J connectivity index is 2.08. The number of benzene rings is 1. The van der Waals surface area contributed by atoms with Gasteiger partial charge in [0.15, 0.2) is 5.11 Å². The third-order valence-corrected chi connectivity index (χ3v) is 3.60. The third-order valence-electron chi connectivity index (χ3n) is 2.87. The van der Waals surface area contributed by atoms with E-state index < -0.39 is 0 Å². The monoisotopic (exact) mass is 314 g/mol. The average Bonchev–Trinajstić information content (AvgIpc) is 2.29. The lowest BCUT2D eigenvalue weighted by Gasteiger charge is -2.36. The third kappa shape index (κ3) is 3.40. The van der Waals surface area contributed by atoms with E-state index in [0.717, 1.165) is 17.4 Å². The van der Waals surface area contributed by atoms with Crippen molar-refractivity contribution >= 4 is 33.3 Å². The van der Waals surface area contributed by atoms with E-state index in [-0.39, 0.29) is 6.04 Å². The van der Waals surface area contributed by atoms with Gasteiger partial charge in [-0.2, -0.15) is 0 Å². The van der Waals surface area contributed by atoms with Gasteiger partial charge in [-0.1, -0.05) is 28.1 Å². The van der Waals surface area contributed by atoms with Crippen molar-refractivity contribution in [3.63, 3.8) is 0 Å². The van der Waals surface area contributed by atoms with Crippen molar-refractivity contribution in [2.24, 2.45) is 5.73 Å². The maximum absolute atomic E-state index is 5.73. The molecule has 2 rings (SSSR count). The molecule has 1 fully saturated rings. The van der Waals surface area contributed by atoms with Crippen molar-refractivity contribution in [2.75, 3.05) is 19.8 Å². The van der Waals surface area contributed by atoms with Gasteiger partial charge in [-0.15, -0.1) is 0 Å². The summed E-state index contributed by atoms with van der Waals surface area (Å²) in [5.41, 5.74) is 6.99. The van der Waals surface area contributed by atoms with Crippen molar-refractivity contribution in [1.29, 1.82) is 0 Å². The summed E-state index contributed by atoms with van der Waals surface area (Å²) >= 11 is 8.55. The molecular formula is C12H15BrN2OS. The van der Waals surface area contributed by atoms with Gasteiger partial charge >= 0.3 is 0 Å². The SMILES string of the molecule is NC(=S)N1CCOC[C@@H]1Cc1cccc(Br)c1. The Bertz CT molecular complexity index is 413. The van der Waals surface area contributed by atoms with Crippen LogP contribution in [0.25, 0.3) is 0 Å². The Labute approximate surface area is 115 Å². The van der Waals surface area contributed by atoms with Gasteiger partial charge in [-0.3, -0.25) is 0 Å². The molecule has 0 radical (unpaired) electrons. The zero-order chi connectivity index (χ0) is 12.3. The molecule has 0 amide bonds. The molecule has 0 aromatic heterocycles. The normalized spacial score (nSPS) is 20.3. The van der Waals surface area contributed by atoms with Crippen LogP contribution >= 0.6 is 28.1 Å². The minimum Gasteiger partial charge on any atom is -0.377 e. The van der Waals surface area contributed by atoms with Crippen LogP contribution in [0.3, 0.4) is 0 Å². The minimum atomic E-state index is 0.246. The van der Waals surface area contributed by atoms with Crippen LogP contribution in [0.5, 0.6) is 0 Å². The molecule has 2 N–H and O–H groups in total. The molecule has 17 heavy (non-hydrogen) atoms. The highest BCUT2D eigenvalue weighted by atomic mass is 79.9. The first-order valence-corrected chi connectivity index (χ1v) is 6.75. The second-order valence-electron chi connectivity index (χ2n) is 4.09. The fourth-order valence-corrected chi connectivity index (χ4v) is 2.74. The van der Waals surface area contributed by atoms with E-state index in [1.807, 2.05) is 12.1 Å². The summed E-state index contributed by atoms with van der Waals surface area (Å²) in [6, 6.07) is 8.53. The molecule has 5 heteroatoms. The smallest absolute Gasteiger partial charge is 0.166 e. The van der Waals surface area contributed by atoms with Crippen LogP contribution in [0.4, 0.5) is 0 Å². The lowest BCUT2D eigenvalue weighted by molar-refractivity contribution is 0.0273. The predicted molar refractivity (Wildman–Crippen MR) is 75.9 cm³/mol. The summed E-state index contributed by atoms with van der Waals surface area (Å²) in [6.07, 6.45) is 0.900. The van der Waals surface area contributed by atoms with Gasteiger partial charge in [0, 0.05) is 11.0 Å². The molecule has 1 heterocycles. The number of hydrogen-bond donors (Lipinski definition) is 1. The van der Waals surface area contributed by atoms with Gasteiger partial charge in [0.2, 0.25) is 0 Å². The Morgan fingerprint density at radius 2 is 2.41 bits per heavy atom. The Hall–Kier alpha value is -0.650. The van der Waals surface area contributed by atoms with Crippen LogP contribution < -0.4 is 5.73 Å². The fraction of sp³-hybridized carbons (Fsp3) is 0.417. The predicted octanol–water partition coefficient (Wildman–Crippen LogP) is 1.94. The highest BCUT2D eigenvalue weighted by Crippen LogP contribution is 2.17. The van der Waals surface area contributed by atoms with Crippen molar-refractivity contribution in [3.8, 4) is 0 Å². The molecular weight excluding hydrogens is 300 g/mol. The minimum absolute atomic E-state index is 0.246. The maximum atomic E-state index is 5.73. The van der Waals surface area contributed by atoms with Gasteiger partial charge < -0.3 is 15.4 Å². The molecule has 1 saturated heterocycles. The fourth-order valence-electron chi connectivity index (χ4n) is 2.05. The molecule has 0 spiro atoms. The number of morpholine rings is 1. The molecule has 92 valence electrons. The zero-order valence-electron chi connectivity index (χ0n) is 9.43. The molecule has 1 atom stereocenters. The lowest BCUT2D eigenvalue weighted by atomic mass is 10.0. The Morgan fingerprint density at radius 3 is 3.12 bits per heavy atom. The number of hydrogen-bond acceptors (Lipinski definition) is 2.